The number of pyridine rings is 1. The summed E-state index contributed by atoms with van der Waals surface area (Å²) in [6, 6.07) is 3.84. The van der Waals surface area contributed by atoms with Gasteiger partial charge in [0.25, 0.3) is 0 Å². The molecule has 3 aromatic rings. The van der Waals surface area contributed by atoms with Gasteiger partial charge in [0.2, 0.25) is 5.43 Å². The van der Waals surface area contributed by atoms with Gasteiger partial charge in [-0.1, -0.05) is 0 Å². The molecule has 1 unspecified atom stereocenters. The summed E-state index contributed by atoms with van der Waals surface area (Å²) < 4.78 is 5.76. The maximum Gasteiger partial charge on any atom is 0.341 e. The lowest BCUT2D eigenvalue weighted by Crippen LogP contribution is -2.26. The Labute approximate surface area is 170 Å². The molecule has 2 aliphatic rings. The molecule has 1 aliphatic heterocycles. The molecule has 0 bridgehead atoms. The molecule has 0 saturated heterocycles. The lowest BCUT2D eigenvalue weighted by atomic mass is 9.95. The van der Waals surface area contributed by atoms with Crippen LogP contribution in [0.15, 0.2) is 23.1 Å². The lowest BCUT2D eigenvalue weighted by molar-refractivity contribution is 0.0695. The summed E-state index contributed by atoms with van der Waals surface area (Å²) in [5.41, 5.74) is 2.56. The second-order valence-corrected chi connectivity index (χ2v) is 8.68. The number of hydrogen-bond acceptors (Lipinski definition) is 6. The third-order valence-electron chi connectivity index (χ3n) is 5.68. The highest BCUT2D eigenvalue weighted by Gasteiger charge is 2.32. The number of carbonyl (C=O) groups is 1. The van der Waals surface area contributed by atoms with E-state index in [0.717, 1.165) is 39.3 Å². The molecule has 150 valence electrons. The summed E-state index contributed by atoms with van der Waals surface area (Å²) >= 11 is 1.61. The molecular weight excluding hydrogens is 392 g/mol. The summed E-state index contributed by atoms with van der Waals surface area (Å²) in [7, 11) is 1.56. The number of carboxylic acids is 1. The van der Waals surface area contributed by atoms with Crippen LogP contribution in [0.5, 0.6) is 5.75 Å². The number of methoxy groups -OCH3 is 1. The summed E-state index contributed by atoms with van der Waals surface area (Å²) in [5.74, 6) is -0.394. The van der Waals surface area contributed by atoms with Gasteiger partial charge < -0.3 is 25.3 Å². The standard InChI is InChI=1S/C21H20N2O5S/c1-28-20-17(15-5-11-14(24)7-22-8-16(11)29-15)10(9-2-3-9)4-12-18(20)23-6-13(19(12)25)21(26)27/h4-6,9,14,22,24H,2-3,7-8H2,1H3,(H,23,25)(H,26,27). The molecule has 3 heterocycles. The molecule has 0 amide bonds. The topological polar surface area (TPSA) is 112 Å². The monoisotopic (exact) mass is 412 g/mol. The van der Waals surface area contributed by atoms with Crippen LogP contribution in [-0.2, 0) is 6.54 Å². The molecule has 1 saturated carbocycles. The highest BCUT2D eigenvalue weighted by atomic mass is 32.1. The first kappa shape index (κ1) is 18.4. The van der Waals surface area contributed by atoms with Crippen LogP contribution < -0.4 is 15.5 Å². The number of benzene rings is 1. The minimum absolute atomic E-state index is 0.283. The molecule has 0 spiro atoms. The maximum atomic E-state index is 12.8. The number of ether oxygens (including phenoxy) is 1. The van der Waals surface area contributed by atoms with Crippen LogP contribution in [0.4, 0.5) is 0 Å². The Morgan fingerprint density at radius 1 is 1.28 bits per heavy atom. The maximum absolute atomic E-state index is 12.8. The molecule has 7 nitrogen and oxygen atoms in total. The van der Waals surface area contributed by atoms with Crippen molar-refractivity contribution in [1.82, 2.24) is 10.3 Å². The Kier molecular flexibility index (Phi) is 4.23. The lowest BCUT2D eigenvalue weighted by Gasteiger charge is -2.18. The highest BCUT2D eigenvalue weighted by molar-refractivity contribution is 7.15. The zero-order chi connectivity index (χ0) is 20.3. The number of aliphatic hydroxyl groups is 1. The fraction of sp³-hybridized carbons (Fsp3) is 0.333. The van der Waals surface area contributed by atoms with E-state index < -0.39 is 17.5 Å². The summed E-state index contributed by atoms with van der Waals surface area (Å²) in [6.45, 7) is 1.24. The smallest absolute Gasteiger partial charge is 0.341 e. The third kappa shape index (κ3) is 2.87. The number of aromatic amines is 1. The molecule has 2 aromatic heterocycles. The number of aromatic nitrogens is 1. The minimum atomic E-state index is -1.25. The van der Waals surface area contributed by atoms with Crippen molar-refractivity contribution in [1.29, 1.82) is 0 Å². The predicted molar refractivity (Wildman–Crippen MR) is 110 cm³/mol. The number of carboxylic acid groups (broad SMARTS) is 1. The Balaban J connectivity index is 1.81. The van der Waals surface area contributed by atoms with E-state index in [0.29, 0.717) is 35.7 Å². The molecule has 29 heavy (non-hydrogen) atoms. The van der Waals surface area contributed by atoms with Crippen LogP contribution in [-0.4, -0.2) is 34.8 Å². The first-order valence-corrected chi connectivity index (χ1v) is 10.3. The number of rotatable bonds is 4. The number of H-pyrrole nitrogens is 1. The summed E-state index contributed by atoms with van der Waals surface area (Å²) in [5, 5.41) is 23.2. The van der Waals surface area contributed by atoms with Crippen molar-refractivity contribution in [3.63, 3.8) is 0 Å². The van der Waals surface area contributed by atoms with Gasteiger partial charge in [-0.15, -0.1) is 11.3 Å². The predicted octanol–water partition coefficient (Wildman–Crippen LogP) is 2.98. The van der Waals surface area contributed by atoms with Gasteiger partial charge in [-0.05, 0) is 42.0 Å². The first-order chi connectivity index (χ1) is 14.0. The van der Waals surface area contributed by atoms with Crippen molar-refractivity contribution >= 4 is 28.2 Å². The molecule has 5 rings (SSSR count). The molecule has 1 aliphatic carbocycles. The quantitative estimate of drug-likeness (QED) is 0.524. The number of β-amino-alcohol motifs (C(OH)–C–C–N with tert-alkyl or cyclic N) is 1. The fourth-order valence-corrected chi connectivity index (χ4v) is 5.36. The van der Waals surface area contributed by atoms with Crippen LogP contribution in [0, 0.1) is 0 Å². The second kappa shape index (κ2) is 6.69. The van der Waals surface area contributed by atoms with Gasteiger partial charge in [-0.25, -0.2) is 4.79 Å². The minimum Gasteiger partial charge on any atom is -0.494 e. The van der Waals surface area contributed by atoms with Crippen LogP contribution in [0.25, 0.3) is 21.3 Å². The average molecular weight is 412 g/mol. The number of thiophene rings is 1. The zero-order valence-corrected chi connectivity index (χ0v) is 16.6. The van der Waals surface area contributed by atoms with Crippen molar-refractivity contribution in [2.45, 2.75) is 31.4 Å². The normalized spacial score (nSPS) is 18.6. The number of aromatic carboxylic acids is 1. The first-order valence-electron chi connectivity index (χ1n) is 9.51. The molecule has 0 radical (unpaired) electrons. The van der Waals surface area contributed by atoms with Crippen molar-refractivity contribution in [3.05, 3.63) is 50.1 Å². The third-order valence-corrected chi connectivity index (χ3v) is 6.85. The average Bonchev–Trinajstić information content (AvgIpc) is 3.45. The van der Waals surface area contributed by atoms with Crippen LogP contribution in [0.3, 0.4) is 0 Å². The van der Waals surface area contributed by atoms with E-state index in [-0.39, 0.29) is 5.56 Å². The van der Waals surface area contributed by atoms with E-state index in [4.69, 9.17) is 4.74 Å². The molecular formula is C21H20N2O5S. The van der Waals surface area contributed by atoms with Crippen molar-refractivity contribution in [2.75, 3.05) is 13.7 Å². The summed E-state index contributed by atoms with van der Waals surface area (Å²) in [4.78, 5) is 29.2. The van der Waals surface area contributed by atoms with E-state index >= 15 is 0 Å². The van der Waals surface area contributed by atoms with E-state index in [1.165, 1.54) is 6.20 Å². The van der Waals surface area contributed by atoms with E-state index in [1.807, 2.05) is 12.1 Å². The van der Waals surface area contributed by atoms with E-state index in [2.05, 4.69) is 10.3 Å². The van der Waals surface area contributed by atoms with E-state index in [1.54, 1.807) is 18.4 Å². The number of nitrogens with one attached hydrogen (secondary N) is 2. The number of fused-ring (bicyclic) bond motifs is 2. The Morgan fingerprint density at radius 2 is 2.07 bits per heavy atom. The second-order valence-electron chi connectivity index (χ2n) is 7.54. The zero-order valence-electron chi connectivity index (χ0n) is 15.7. The van der Waals surface area contributed by atoms with Gasteiger partial charge in [0.1, 0.15) is 5.56 Å². The Morgan fingerprint density at radius 3 is 2.72 bits per heavy atom. The molecule has 4 N–H and O–H groups in total. The van der Waals surface area contributed by atoms with Gasteiger partial charge in [0.15, 0.2) is 5.75 Å². The number of hydrogen-bond donors (Lipinski definition) is 4. The van der Waals surface area contributed by atoms with Gasteiger partial charge in [-0.3, -0.25) is 4.79 Å². The fourth-order valence-electron chi connectivity index (χ4n) is 4.11. The molecule has 1 aromatic carbocycles. The van der Waals surface area contributed by atoms with Crippen molar-refractivity contribution < 1.29 is 19.7 Å². The van der Waals surface area contributed by atoms with Crippen LogP contribution >= 0.6 is 11.3 Å². The Bertz CT molecular complexity index is 1210. The molecule has 8 heteroatoms. The van der Waals surface area contributed by atoms with E-state index in [9.17, 15) is 19.8 Å². The number of aliphatic hydroxyl groups excluding tert-OH is 1. The van der Waals surface area contributed by atoms with Gasteiger partial charge in [0, 0.05) is 34.6 Å². The highest BCUT2D eigenvalue weighted by Crippen LogP contribution is 2.51. The van der Waals surface area contributed by atoms with Gasteiger partial charge in [-0.2, -0.15) is 0 Å². The molecule has 1 fully saturated rings. The SMILES string of the molecule is COc1c(-c2cc3c(s2)CNCC3O)c(C2CC2)cc2c(=O)c(C(=O)O)c[nH]c12. The molecule has 1 atom stereocenters. The van der Waals surface area contributed by atoms with Gasteiger partial charge in [0.05, 0.1) is 24.1 Å². The Hall–Kier alpha value is -2.68. The summed E-state index contributed by atoms with van der Waals surface area (Å²) in [6.07, 6.45) is 2.72. The van der Waals surface area contributed by atoms with Gasteiger partial charge >= 0.3 is 5.97 Å². The van der Waals surface area contributed by atoms with Crippen molar-refractivity contribution in [3.8, 4) is 16.2 Å². The van der Waals surface area contributed by atoms with Crippen LogP contribution in [0.2, 0.25) is 0 Å². The van der Waals surface area contributed by atoms with Crippen LogP contribution in [0.1, 0.15) is 51.2 Å². The largest absolute Gasteiger partial charge is 0.494 e. The van der Waals surface area contributed by atoms with Crippen molar-refractivity contribution in [2.24, 2.45) is 0 Å².